The molecule has 1 aliphatic heterocycles. The Labute approximate surface area is 165 Å². The number of hydrogen-bond acceptors (Lipinski definition) is 2. The summed E-state index contributed by atoms with van der Waals surface area (Å²) in [4.78, 5) is 2.65. The molecule has 0 bridgehead atoms. The van der Waals surface area contributed by atoms with E-state index in [0.29, 0.717) is 6.04 Å². The van der Waals surface area contributed by atoms with E-state index >= 15 is 0 Å². The molecule has 0 unspecified atom stereocenters. The second kappa shape index (κ2) is 10.5. The molecule has 1 aromatic rings. The van der Waals surface area contributed by atoms with Crippen molar-refractivity contribution in [1.29, 1.82) is 0 Å². The third kappa shape index (κ3) is 5.49. The highest BCUT2D eigenvalue weighted by atomic mass is 79.9. The van der Waals surface area contributed by atoms with Gasteiger partial charge in [0.25, 0.3) is 0 Å². The third-order valence-corrected chi connectivity index (χ3v) is 5.76. The fourth-order valence-corrected chi connectivity index (χ4v) is 4.51. The number of benzene rings is 1. The van der Waals surface area contributed by atoms with Crippen molar-refractivity contribution in [2.75, 3.05) is 26.2 Å². The molecule has 1 atom stereocenters. The molecule has 1 saturated carbocycles. The SMILES string of the molecule is Cl.Cl.Clc1ccc(Br)cc1[C@H](C1CCCCC1)N1CCNCC1. The lowest BCUT2D eigenvalue weighted by Crippen LogP contribution is -2.47. The first-order valence-electron chi connectivity index (χ1n) is 8.15. The van der Waals surface area contributed by atoms with Gasteiger partial charge in [0, 0.05) is 41.7 Å². The van der Waals surface area contributed by atoms with Crippen LogP contribution in [-0.2, 0) is 0 Å². The Kier molecular flexibility index (Phi) is 9.81. The van der Waals surface area contributed by atoms with Gasteiger partial charge in [0.2, 0.25) is 0 Å². The van der Waals surface area contributed by atoms with E-state index in [2.05, 4.69) is 32.2 Å². The largest absolute Gasteiger partial charge is 0.314 e. The Balaban J connectivity index is 0.00000132. The Morgan fingerprint density at radius 3 is 2.39 bits per heavy atom. The minimum absolute atomic E-state index is 0. The first kappa shape index (κ1) is 21.5. The van der Waals surface area contributed by atoms with Crippen molar-refractivity contribution < 1.29 is 0 Å². The molecule has 132 valence electrons. The van der Waals surface area contributed by atoms with Crippen LogP contribution in [0.25, 0.3) is 0 Å². The summed E-state index contributed by atoms with van der Waals surface area (Å²) < 4.78 is 1.14. The molecule has 6 heteroatoms. The topological polar surface area (TPSA) is 15.3 Å². The van der Waals surface area contributed by atoms with Crippen LogP contribution in [0.4, 0.5) is 0 Å². The highest BCUT2D eigenvalue weighted by molar-refractivity contribution is 9.10. The zero-order valence-corrected chi connectivity index (χ0v) is 17.2. The molecule has 1 N–H and O–H groups in total. The molecule has 2 fully saturated rings. The predicted molar refractivity (Wildman–Crippen MR) is 107 cm³/mol. The van der Waals surface area contributed by atoms with Crippen molar-refractivity contribution in [3.63, 3.8) is 0 Å². The minimum atomic E-state index is 0. The Hall–Kier alpha value is 0.490. The quantitative estimate of drug-likeness (QED) is 0.665. The van der Waals surface area contributed by atoms with Gasteiger partial charge in [-0.15, -0.1) is 24.8 Å². The summed E-state index contributed by atoms with van der Waals surface area (Å²) in [5, 5.41) is 4.39. The van der Waals surface area contributed by atoms with E-state index in [9.17, 15) is 0 Å². The second-order valence-corrected chi connectivity index (χ2v) is 7.62. The average molecular weight is 445 g/mol. The number of halogens is 4. The standard InChI is InChI=1S/C17H24BrClN2.2ClH/c18-14-6-7-16(19)15(12-14)17(13-4-2-1-3-5-13)21-10-8-20-9-11-21;;/h6-7,12-13,17,20H,1-5,8-11H2;2*1H/t17-;;/m0../s1. The van der Waals surface area contributed by atoms with Gasteiger partial charge in [-0.25, -0.2) is 0 Å². The minimum Gasteiger partial charge on any atom is -0.314 e. The zero-order chi connectivity index (χ0) is 14.7. The van der Waals surface area contributed by atoms with Gasteiger partial charge in [-0.2, -0.15) is 0 Å². The van der Waals surface area contributed by atoms with Gasteiger partial charge < -0.3 is 5.32 Å². The van der Waals surface area contributed by atoms with Gasteiger partial charge in [0.15, 0.2) is 0 Å². The molecule has 0 radical (unpaired) electrons. The Morgan fingerprint density at radius 2 is 1.74 bits per heavy atom. The summed E-state index contributed by atoms with van der Waals surface area (Å²) in [5.74, 6) is 0.753. The average Bonchev–Trinajstić information content (AvgIpc) is 2.53. The van der Waals surface area contributed by atoms with E-state index in [4.69, 9.17) is 11.6 Å². The molecule has 1 heterocycles. The third-order valence-electron chi connectivity index (χ3n) is 4.92. The van der Waals surface area contributed by atoms with Crippen molar-refractivity contribution in [3.05, 3.63) is 33.3 Å². The summed E-state index contributed by atoms with van der Waals surface area (Å²) in [7, 11) is 0. The van der Waals surface area contributed by atoms with Crippen LogP contribution < -0.4 is 5.32 Å². The lowest BCUT2D eigenvalue weighted by Gasteiger charge is -2.41. The first-order valence-corrected chi connectivity index (χ1v) is 9.32. The smallest absolute Gasteiger partial charge is 0.0454 e. The summed E-state index contributed by atoms with van der Waals surface area (Å²) >= 11 is 10.2. The molecular formula is C17H26BrCl3N2. The molecule has 2 nitrogen and oxygen atoms in total. The number of nitrogens with zero attached hydrogens (tertiary/aromatic N) is 1. The molecule has 0 aromatic heterocycles. The van der Waals surface area contributed by atoms with E-state index in [-0.39, 0.29) is 24.8 Å². The highest BCUT2D eigenvalue weighted by Gasteiger charge is 2.32. The number of hydrogen-bond donors (Lipinski definition) is 1. The molecule has 0 amide bonds. The lowest BCUT2D eigenvalue weighted by atomic mass is 9.80. The molecule has 2 aliphatic rings. The van der Waals surface area contributed by atoms with Crippen molar-refractivity contribution in [3.8, 4) is 0 Å². The molecule has 0 spiro atoms. The zero-order valence-electron chi connectivity index (χ0n) is 13.3. The van der Waals surface area contributed by atoms with Crippen molar-refractivity contribution >= 4 is 52.3 Å². The van der Waals surface area contributed by atoms with Crippen molar-refractivity contribution in [1.82, 2.24) is 10.2 Å². The second-order valence-electron chi connectivity index (χ2n) is 6.29. The summed E-state index contributed by atoms with van der Waals surface area (Å²) in [5.41, 5.74) is 1.32. The van der Waals surface area contributed by atoms with E-state index < -0.39 is 0 Å². The maximum absolute atomic E-state index is 6.57. The monoisotopic (exact) mass is 442 g/mol. The number of rotatable bonds is 3. The van der Waals surface area contributed by atoms with Gasteiger partial charge in [0.1, 0.15) is 0 Å². The molecular weight excluding hydrogens is 418 g/mol. The Morgan fingerprint density at radius 1 is 1.09 bits per heavy atom. The van der Waals surface area contributed by atoms with E-state index in [1.165, 1.54) is 37.7 Å². The summed E-state index contributed by atoms with van der Waals surface area (Å²) in [6, 6.07) is 6.81. The molecule has 1 aromatic carbocycles. The fourth-order valence-electron chi connectivity index (χ4n) is 3.90. The summed E-state index contributed by atoms with van der Waals surface area (Å²) in [6.07, 6.45) is 6.84. The van der Waals surface area contributed by atoms with Gasteiger partial charge in [0.05, 0.1) is 0 Å². The van der Waals surface area contributed by atoms with Gasteiger partial charge in [-0.3, -0.25) is 4.90 Å². The summed E-state index contributed by atoms with van der Waals surface area (Å²) in [6.45, 7) is 4.44. The maximum Gasteiger partial charge on any atom is 0.0454 e. The molecule has 3 rings (SSSR count). The van der Waals surface area contributed by atoms with Gasteiger partial charge in [-0.1, -0.05) is 46.8 Å². The van der Waals surface area contributed by atoms with Crippen LogP contribution in [0, 0.1) is 5.92 Å². The van der Waals surface area contributed by atoms with Crippen LogP contribution in [0.15, 0.2) is 22.7 Å². The van der Waals surface area contributed by atoms with Crippen LogP contribution in [0.3, 0.4) is 0 Å². The van der Waals surface area contributed by atoms with E-state index in [0.717, 1.165) is 41.6 Å². The van der Waals surface area contributed by atoms with Crippen LogP contribution in [0.5, 0.6) is 0 Å². The van der Waals surface area contributed by atoms with Crippen molar-refractivity contribution in [2.45, 2.75) is 38.1 Å². The fraction of sp³-hybridized carbons (Fsp3) is 0.647. The molecule has 23 heavy (non-hydrogen) atoms. The Bertz CT molecular complexity index is 457. The highest BCUT2D eigenvalue weighted by Crippen LogP contribution is 2.41. The van der Waals surface area contributed by atoms with Crippen LogP contribution >= 0.6 is 52.3 Å². The maximum atomic E-state index is 6.57. The van der Waals surface area contributed by atoms with E-state index in [1.807, 2.05) is 12.1 Å². The van der Waals surface area contributed by atoms with Crippen LogP contribution in [-0.4, -0.2) is 31.1 Å². The van der Waals surface area contributed by atoms with Crippen LogP contribution in [0.2, 0.25) is 5.02 Å². The number of piperazine rings is 1. The molecule has 1 aliphatic carbocycles. The van der Waals surface area contributed by atoms with Crippen molar-refractivity contribution in [2.24, 2.45) is 5.92 Å². The lowest BCUT2D eigenvalue weighted by molar-refractivity contribution is 0.103. The van der Waals surface area contributed by atoms with Gasteiger partial charge >= 0.3 is 0 Å². The first-order chi connectivity index (χ1) is 10.3. The molecule has 1 saturated heterocycles. The normalized spacial score (nSPS) is 21.1. The van der Waals surface area contributed by atoms with Crippen LogP contribution in [0.1, 0.15) is 43.7 Å². The van der Waals surface area contributed by atoms with Gasteiger partial charge in [-0.05, 0) is 42.5 Å². The van der Waals surface area contributed by atoms with E-state index in [1.54, 1.807) is 0 Å². The number of nitrogens with one attached hydrogen (secondary N) is 1. The predicted octanol–water partition coefficient (Wildman–Crippen LogP) is 5.47.